The molecule has 19 nitrogen and oxygen atoms in total. The van der Waals surface area contributed by atoms with Crippen LogP contribution in [0.2, 0.25) is 0 Å². The molecule has 0 heterocycles. The van der Waals surface area contributed by atoms with E-state index in [1.807, 2.05) is 0 Å². The van der Waals surface area contributed by atoms with Crippen LogP contribution >= 0.6 is 0 Å². The zero-order valence-electron chi connectivity index (χ0n) is 32.9. The third-order valence-electron chi connectivity index (χ3n) is 8.22. The van der Waals surface area contributed by atoms with Crippen LogP contribution in [0.25, 0.3) is 0 Å². The number of carboxylic acid groups (broad SMARTS) is 2. The summed E-state index contributed by atoms with van der Waals surface area (Å²) in [5.41, 5.74) is 6.20. The summed E-state index contributed by atoms with van der Waals surface area (Å²) in [7, 11) is -3.69. The zero-order chi connectivity index (χ0) is 42.7. The Morgan fingerprint density at radius 2 is 1.46 bits per heavy atom. The van der Waals surface area contributed by atoms with Gasteiger partial charge in [-0.3, -0.25) is 33.6 Å². The van der Waals surface area contributed by atoms with Gasteiger partial charge in [0.15, 0.2) is 15.6 Å². The molecule has 0 aliphatic carbocycles. The maximum Gasteiger partial charge on any atom is 0.326 e. The predicted octanol–water partition coefficient (Wildman–Crippen LogP) is 3.11. The minimum absolute atomic E-state index is 0. The molecule has 56 heavy (non-hydrogen) atoms. The van der Waals surface area contributed by atoms with Crippen LogP contribution in [0.1, 0.15) is 114 Å². The van der Waals surface area contributed by atoms with Crippen molar-refractivity contribution in [2.45, 2.75) is 117 Å². The Bertz CT molecular complexity index is 1500. The second kappa shape index (κ2) is 28.1. The largest absolute Gasteiger partial charge is 0.481 e. The number of sulfone groups is 1. The fraction of sp³-hybridized carbons (Fsp3) is 0.750. The Morgan fingerprint density at radius 1 is 0.804 bits per heavy atom. The van der Waals surface area contributed by atoms with Crippen LogP contribution in [0.4, 0.5) is 0 Å². The molecular formula is C36H63N5O14S. The van der Waals surface area contributed by atoms with E-state index in [0.717, 1.165) is 0 Å². The quantitative estimate of drug-likeness (QED) is 0.0270. The summed E-state index contributed by atoms with van der Waals surface area (Å²) < 4.78 is 34.8. The normalized spacial score (nSPS) is 13.0. The summed E-state index contributed by atoms with van der Waals surface area (Å²) in [5.74, 6) is -6.31. The number of unbranched alkanes of at least 4 members (excludes halogenated alkanes) is 1. The molecule has 0 saturated heterocycles. The highest BCUT2D eigenvalue weighted by Gasteiger charge is 2.28. The number of carbonyl (C=O) groups excluding carboxylic acids is 6. The molecule has 0 aliphatic heterocycles. The number of hydrogen-bond acceptors (Lipinski definition) is 14. The molecule has 0 fully saturated rings. The van der Waals surface area contributed by atoms with Crippen molar-refractivity contribution in [1.82, 2.24) is 10.6 Å². The smallest absolute Gasteiger partial charge is 0.326 e. The highest BCUT2D eigenvalue weighted by atomic mass is 32.2. The van der Waals surface area contributed by atoms with E-state index in [9.17, 15) is 51.9 Å². The first kappa shape index (κ1) is 51.7. The first-order valence-electron chi connectivity index (χ1n) is 18.5. The first-order chi connectivity index (χ1) is 26.2. The molecular weight excluding hydrogens is 758 g/mol. The number of hydrogen-bond donors (Lipinski definition) is 5. The third-order valence-corrected chi connectivity index (χ3v) is 9.89. The van der Waals surface area contributed by atoms with Crippen LogP contribution < -0.4 is 10.6 Å². The van der Waals surface area contributed by atoms with Crippen molar-refractivity contribution >= 4 is 62.4 Å². The van der Waals surface area contributed by atoms with E-state index in [-0.39, 0.29) is 116 Å². The maximum absolute atomic E-state index is 12.6. The van der Waals surface area contributed by atoms with Gasteiger partial charge in [0.1, 0.15) is 35.8 Å². The molecule has 0 bridgehead atoms. The molecule has 0 rings (SSSR count). The topological polar surface area (TPSA) is 302 Å². The van der Waals surface area contributed by atoms with E-state index < -0.39 is 69.1 Å². The number of amides is 2. The van der Waals surface area contributed by atoms with Crippen LogP contribution in [0.3, 0.4) is 0 Å². The van der Waals surface area contributed by atoms with E-state index in [1.54, 1.807) is 20.8 Å². The summed E-state index contributed by atoms with van der Waals surface area (Å²) in [6, 6.07) is -1.34. The SMILES string of the molecule is C/C(CC(=O)CS(=O)(=O)CCCC(=O)CCCOCCOCC(=O)NC(CCC(=O)NCCCC[C@H](CC(=O)C(C)(C)C)C(=O)CCC(=O)O)C(=O)O)=N\N=N.[HH].[HH]. The van der Waals surface area contributed by atoms with Crippen LogP contribution in [0, 0.1) is 16.9 Å². The average Bonchev–Trinajstić information content (AvgIpc) is 3.08. The van der Waals surface area contributed by atoms with E-state index in [1.165, 1.54) is 6.92 Å². The molecule has 1 unspecified atom stereocenters. The number of ether oxygens (including phenoxy) is 2. The summed E-state index contributed by atoms with van der Waals surface area (Å²) in [6.07, 6.45) is 0.887. The molecule has 0 aromatic carbocycles. The fourth-order valence-corrected chi connectivity index (χ4v) is 6.41. The Hall–Kier alpha value is -4.30. The van der Waals surface area contributed by atoms with Gasteiger partial charge in [0.2, 0.25) is 11.8 Å². The lowest BCUT2D eigenvalue weighted by atomic mass is 9.81. The molecule has 20 heteroatoms. The zero-order valence-corrected chi connectivity index (χ0v) is 33.7. The van der Waals surface area contributed by atoms with Crippen molar-refractivity contribution in [3.63, 3.8) is 0 Å². The molecule has 0 aromatic rings. The fourth-order valence-electron chi connectivity index (χ4n) is 5.09. The van der Waals surface area contributed by atoms with Crippen molar-refractivity contribution < 1.29 is 69.3 Å². The second-order valence-electron chi connectivity index (χ2n) is 14.4. The monoisotopic (exact) mass is 821 g/mol. The lowest BCUT2D eigenvalue weighted by Gasteiger charge is -2.21. The molecule has 0 radical (unpaired) electrons. The molecule has 0 saturated carbocycles. The molecule has 0 aromatic heterocycles. The number of ketones is 4. The van der Waals surface area contributed by atoms with Gasteiger partial charge in [-0.25, -0.2) is 13.2 Å². The van der Waals surface area contributed by atoms with E-state index in [4.69, 9.17) is 20.1 Å². The number of rotatable bonds is 34. The van der Waals surface area contributed by atoms with Crippen LogP contribution in [0.5, 0.6) is 0 Å². The van der Waals surface area contributed by atoms with Gasteiger partial charge in [-0.1, -0.05) is 32.4 Å². The van der Waals surface area contributed by atoms with E-state index in [0.29, 0.717) is 25.7 Å². The number of aliphatic carboxylic acids is 2. The second-order valence-corrected chi connectivity index (χ2v) is 16.6. The van der Waals surface area contributed by atoms with Crippen LogP contribution in [-0.2, 0) is 57.7 Å². The number of Topliss-reactive ketones (excluding diaryl/α,β-unsaturated/α-hetero) is 4. The third kappa shape index (κ3) is 27.3. The standard InChI is InChI=1S/C36H59N5O14S.2H2/c1-25(40-41-37)21-28(43)24-56(52,53)20-8-11-27(42)10-7-17-54-18-19-55-23-33(47)39-29(35(50)51)12-14-32(46)38-16-6-5-9-26(22-31(45)36(2,3)4)30(44)13-15-34(48)49;;/h26,29,37H,5-24H2,1-4H3,(H,38,46)(H,39,47)(H,48,49)(H,50,51);2*1H/b40-25+,41-37?;;/t26-,29?;;/m1../s1. The van der Waals surface area contributed by atoms with Crippen molar-refractivity contribution in [1.29, 1.82) is 5.53 Å². The van der Waals surface area contributed by atoms with Gasteiger partial charge in [-0.15, -0.1) is 5.10 Å². The minimum atomic E-state index is -3.69. The number of nitrogens with zero attached hydrogens (tertiary/aromatic N) is 2. The first-order valence-corrected chi connectivity index (χ1v) is 20.3. The number of nitrogens with one attached hydrogen (secondary N) is 3. The Morgan fingerprint density at radius 3 is 2.09 bits per heavy atom. The Balaban J connectivity index is -0.0000151. The lowest BCUT2D eigenvalue weighted by Crippen LogP contribution is -2.43. The molecule has 2 amide bonds. The van der Waals surface area contributed by atoms with E-state index >= 15 is 0 Å². The van der Waals surface area contributed by atoms with Gasteiger partial charge in [-0.05, 0) is 39.0 Å². The highest BCUT2D eigenvalue weighted by Crippen LogP contribution is 2.24. The average molecular weight is 822 g/mol. The van der Waals surface area contributed by atoms with Gasteiger partial charge in [0.25, 0.3) is 0 Å². The summed E-state index contributed by atoms with van der Waals surface area (Å²) in [6.45, 7) is 6.77. The highest BCUT2D eigenvalue weighted by molar-refractivity contribution is 7.92. The molecule has 5 N–H and O–H groups in total. The number of carbonyl (C=O) groups is 8. The summed E-state index contributed by atoms with van der Waals surface area (Å²) in [5, 5.41) is 29.5. The molecule has 0 aliphatic rings. The molecule has 2 atom stereocenters. The van der Waals surface area contributed by atoms with Crippen molar-refractivity contribution in [2.75, 3.05) is 44.5 Å². The predicted molar refractivity (Wildman–Crippen MR) is 206 cm³/mol. The van der Waals surface area contributed by atoms with Gasteiger partial charge >= 0.3 is 11.9 Å². The maximum atomic E-state index is 12.6. The van der Waals surface area contributed by atoms with Gasteiger partial charge < -0.3 is 30.3 Å². The van der Waals surface area contributed by atoms with Gasteiger partial charge in [0.05, 0.1) is 25.4 Å². The summed E-state index contributed by atoms with van der Waals surface area (Å²) >= 11 is 0. The Labute approximate surface area is 330 Å². The van der Waals surface area contributed by atoms with Gasteiger partial charge in [0, 0.05) is 71.6 Å². The van der Waals surface area contributed by atoms with Crippen molar-refractivity contribution in [2.24, 2.45) is 21.7 Å². The molecule has 322 valence electrons. The number of carboxylic acids is 2. The van der Waals surface area contributed by atoms with Crippen molar-refractivity contribution in [3.8, 4) is 0 Å². The van der Waals surface area contributed by atoms with Gasteiger partial charge in [-0.2, -0.15) is 5.53 Å². The van der Waals surface area contributed by atoms with E-state index in [2.05, 4.69) is 21.0 Å². The summed E-state index contributed by atoms with van der Waals surface area (Å²) in [4.78, 5) is 96.0. The van der Waals surface area contributed by atoms with Crippen LogP contribution in [-0.4, -0.2) is 122 Å². The molecule has 0 spiro atoms. The Kier molecular flexibility index (Phi) is 26.0. The van der Waals surface area contributed by atoms with Crippen molar-refractivity contribution in [3.05, 3.63) is 0 Å². The lowest BCUT2D eigenvalue weighted by molar-refractivity contribution is -0.143. The van der Waals surface area contributed by atoms with Crippen LogP contribution in [0.15, 0.2) is 10.3 Å². The minimum Gasteiger partial charge on any atom is -0.481 e.